The van der Waals surface area contributed by atoms with Gasteiger partial charge in [-0.15, -0.1) is 0 Å². The van der Waals surface area contributed by atoms with E-state index in [2.05, 4.69) is 5.10 Å². The number of nitrogens with two attached hydrogens (primary N) is 1. The predicted molar refractivity (Wildman–Crippen MR) is 135 cm³/mol. The minimum Gasteiger partial charge on any atom is -0.398 e. The van der Waals surface area contributed by atoms with E-state index in [1.807, 2.05) is 0 Å². The average molecular weight is 592 g/mol. The molecule has 0 saturated carbocycles. The lowest BCUT2D eigenvalue weighted by Crippen LogP contribution is -2.62. The third kappa shape index (κ3) is 5.18. The lowest BCUT2D eigenvalue weighted by Gasteiger charge is -2.32. The number of halogens is 7. The van der Waals surface area contributed by atoms with Crippen molar-refractivity contribution in [3.8, 4) is 11.1 Å². The molecule has 0 bridgehead atoms. The number of nitrogen functional groups attached to an aromatic ring is 1. The van der Waals surface area contributed by atoms with Gasteiger partial charge in [-0.3, -0.25) is 5.01 Å². The van der Waals surface area contributed by atoms with Gasteiger partial charge in [0.25, 0.3) is 5.60 Å². The fourth-order valence-electron chi connectivity index (χ4n) is 4.27. The van der Waals surface area contributed by atoms with Crippen molar-refractivity contribution in [1.82, 2.24) is 0 Å². The molecule has 0 fully saturated rings. The Hall–Kier alpha value is -3.29. The molecule has 3 aromatic rings. The van der Waals surface area contributed by atoms with Crippen LogP contribution >= 0.6 is 11.6 Å². The number of benzene rings is 3. The van der Waals surface area contributed by atoms with Crippen molar-refractivity contribution in [2.75, 3.05) is 17.0 Å². The summed E-state index contributed by atoms with van der Waals surface area (Å²) < 4.78 is 105. The van der Waals surface area contributed by atoms with Crippen LogP contribution in [0.1, 0.15) is 18.0 Å². The maximum Gasteiger partial charge on any atom is 0.431 e. The summed E-state index contributed by atoms with van der Waals surface area (Å²) in [5.74, 6) is 0. The summed E-state index contributed by atoms with van der Waals surface area (Å²) in [4.78, 5) is 0.0780. The van der Waals surface area contributed by atoms with Gasteiger partial charge in [0.05, 0.1) is 27.4 Å². The van der Waals surface area contributed by atoms with Crippen molar-refractivity contribution < 1.29 is 39.9 Å². The fraction of sp³-hybridized carbons (Fsp3) is 0.240. The molecule has 0 radical (unpaired) electrons. The van der Waals surface area contributed by atoms with Gasteiger partial charge in [0.1, 0.15) is 0 Å². The van der Waals surface area contributed by atoms with E-state index in [0.717, 1.165) is 11.3 Å². The van der Waals surface area contributed by atoms with Crippen LogP contribution in [0.3, 0.4) is 0 Å². The molecule has 0 aliphatic carbocycles. The number of rotatable bonds is 5. The van der Waals surface area contributed by atoms with Gasteiger partial charge in [-0.25, -0.2) is 8.42 Å². The SMILES string of the molecule is CS(=O)(=O)c1ccc(-c2ccc(C3CC(C(O)(C(F)(F)F)C(F)(F)F)=NN3c3ccccc3Cl)cc2N)cc1. The molecule has 0 aromatic heterocycles. The molecule has 14 heteroatoms. The lowest BCUT2D eigenvalue weighted by atomic mass is 9.89. The monoisotopic (exact) mass is 591 g/mol. The van der Waals surface area contributed by atoms with E-state index in [1.54, 1.807) is 0 Å². The van der Waals surface area contributed by atoms with Gasteiger partial charge >= 0.3 is 12.4 Å². The van der Waals surface area contributed by atoms with Gasteiger partial charge < -0.3 is 10.8 Å². The Balaban J connectivity index is 1.79. The molecular formula is C25H20ClF6N3O3S. The van der Waals surface area contributed by atoms with E-state index in [-0.39, 0.29) is 26.9 Å². The first-order chi connectivity index (χ1) is 17.9. The third-order valence-corrected chi connectivity index (χ3v) is 7.75. The summed E-state index contributed by atoms with van der Waals surface area (Å²) in [6.45, 7) is 0. The quantitative estimate of drug-likeness (QED) is 0.274. The number of hydrogen-bond donors (Lipinski definition) is 2. The zero-order valence-electron chi connectivity index (χ0n) is 19.9. The Kier molecular flexibility index (Phi) is 7.15. The number of sulfone groups is 1. The molecule has 1 heterocycles. The summed E-state index contributed by atoms with van der Waals surface area (Å²) in [7, 11) is -3.45. The van der Waals surface area contributed by atoms with E-state index < -0.39 is 46.0 Å². The molecule has 39 heavy (non-hydrogen) atoms. The third-order valence-electron chi connectivity index (χ3n) is 6.30. The van der Waals surface area contributed by atoms with E-state index >= 15 is 0 Å². The first kappa shape index (κ1) is 28.7. The molecule has 4 rings (SSSR count). The van der Waals surface area contributed by atoms with Gasteiger partial charge in [0.2, 0.25) is 0 Å². The van der Waals surface area contributed by atoms with Gasteiger partial charge in [-0.05, 0) is 41.5 Å². The van der Waals surface area contributed by atoms with Crippen LogP contribution in [0.5, 0.6) is 0 Å². The van der Waals surface area contributed by atoms with Crippen molar-refractivity contribution in [3.63, 3.8) is 0 Å². The molecule has 3 aromatic carbocycles. The summed E-state index contributed by atoms with van der Waals surface area (Å²) in [6, 6.07) is 14.6. The summed E-state index contributed by atoms with van der Waals surface area (Å²) in [5.41, 5.74) is 0.784. The molecule has 1 aliphatic heterocycles. The van der Waals surface area contributed by atoms with Crippen LogP contribution in [0, 0.1) is 0 Å². The van der Waals surface area contributed by atoms with Crippen molar-refractivity contribution >= 4 is 38.5 Å². The van der Waals surface area contributed by atoms with Crippen LogP contribution in [0.4, 0.5) is 37.7 Å². The fourth-order valence-corrected chi connectivity index (χ4v) is 5.12. The Bertz CT molecular complexity index is 1530. The standard InChI is InChI=1S/C25H20ClF6N3O3S/c1-39(37,38)16-9-6-14(7-10-16)17-11-8-15(12-19(17)33)21-13-22(23(36,24(27,28)29)25(30,31)32)34-35(21)20-5-3-2-4-18(20)26/h2-12,21,36H,13,33H2,1H3. The minimum atomic E-state index is -6.11. The van der Waals surface area contributed by atoms with Crippen LogP contribution < -0.4 is 10.7 Å². The summed E-state index contributed by atoms with van der Waals surface area (Å²) in [6.07, 6.45) is -12.1. The highest BCUT2D eigenvalue weighted by Crippen LogP contribution is 2.49. The molecule has 1 aliphatic rings. The summed E-state index contributed by atoms with van der Waals surface area (Å²) >= 11 is 6.19. The first-order valence-corrected chi connectivity index (χ1v) is 13.4. The molecule has 208 valence electrons. The second-order valence-corrected chi connectivity index (χ2v) is 11.3. The van der Waals surface area contributed by atoms with Crippen LogP contribution in [0.2, 0.25) is 5.02 Å². The number of anilines is 2. The highest BCUT2D eigenvalue weighted by Gasteiger charge is 2.74. The number of hydrogen-bond acceptors (Lipinski definition) is 6. The van der Waals surface area contributed by atoms with Gasteiger partial charge in [-0.2, -0.15) is 31.4 Å². The van der Waals surface area contributed by atoms with Gasteiger partial charge in [0.15, 0.2) is 9.84 Å². The molecule has 0 saturated heterocycles. The highest BCUT2D eigenvalue weighted by atomic mass is 35.5. The molecule has 1 atom stereocenters. The van der Waals surface area contributed by atoms with E-state index in [9.17, 15) is 39.9 Å². The molecule has 3 N–H and O–H groups in total. The van der Waals surface area contributed by atoms with Crippen LogP contribution in [-0.2, 0) is 9.84 Å². The highest BCUT2D eigenvalue weighted by molar-refractivity contribution is 7.90. The Morgan fingerprint density at radius 3 is 2.08 bits per heavy atom. The number of aliphatic hydroxyl groups is 1. The molecule has 0 spiro atoms. The number of alkyl halides is 6. The average Bonchev–Trinajstić information content (AvgIpc) is 3.27. The molecule has 0 amide bonds. The van der Waals surface area contributed by atoms with Crippen molar-refractivity contribution in [2.24, 2.45) is 5.10 Å². The topological polar surface area (TPSA) is 96.0 Å². The van der Waals surface area contributed by atoms with Crippen LogP contribution in [0.15, 0.2) is 76.7 Å². The maximum absolute atomic E-state index is 13.6. The Morgan fingerprint density at radius 1 is 0.974 bits per heavy atom. The number of para-hydroxylation sites is 1. The van der Waals surface area contributed by atoms with Crippen molar-refractivity contribution in [1.29, 1.82) is 0 Å². The largest absolute Gasteiger partial charge is 0.431 e. The first-order valence-electron chi connectivity index (χ1n) is 11.1. The normalized spacial score (nSPS) is 16.9. The van der Waals surface area contributed by atoms with Gasteiger partial charge in [-0.1, -0.05) is 48.0 Å². The zero-order valence-corrected chi connectivity index (χ0v) is 21.5. The zero-order chi connectivity index (χ0) is 29.0. The molecule has 6 nitrogen and oxygen atoms in total. The molecule has 1 unspecified atom stereocenters. The Labute approximate surface area is 224 Å². The number of hydrazone groups is 1. The minimum absolute atomic E-state index is 0.00520. The predicted octanol–water partition coefficient (Wildman–Crippen LogP) is 6.16. The van der Waals surface area contributed by atoms with E-state index in [1.165, 1.54) is 66.7 Å². The van der Waals surface area contributed by atoms with E-state index in [0.29, 0.717) is 11.1 Å². The van der Waals surface area contributed by atoms with Crippen LogP contribution in [-0.4, -0.2) is 43.4 Å². The number of nitrogens with zero attached hydrogens (tertiary/aromatic N) is 2. The summed E-state index contributed by atoms with van der Waals surface area (Å²) in [5, 5.41) is 14.5. The van der Waals surface area contributed by atoms with E-state index in [4.69, 9.17) is 17.3 Å². The van der Waals surface area contributed by atoms with Crippen molar-refractivity contribution in [3.05, 3.63) is 77.3 Å². The second-order valence-electron chi connectivity index (χ2n) is 8.91. The maximum atomic E-state index is 13.6. The lowest BCUT2D eigenvalue weighted by molar-refractivity contribution is -0.338. The smallest absolute Gasteiger partial charge is 0.398 e. The van der Waals surface area contributed by atoms with Crippen LogP contribution in [0.25, 0.3) is 11.1 Å². The second kappa shape index (κ2) is 9.72. The van der Waals surface area contributed by atoms with Gasteiger partial charge in [0, 0.05) is 23.9 Å². The Morgan fingerprint density at radius 2 is 1.56 bits per heavy atom. The molecular weight excluding hydrogens is 572 g/mol. The van der Waals surface area contributed by atoms with Crippen molar-refractivity contribution in [2.45, 2.75) is 35.3 Å².